The van der Waals surface area contributed by atoms with Gasteiger partial charge in [0.25, 0.3) is 0 Å². The molecule has 5 nitrogen and oxygen atoms in total. The molecule has 2 aromatic carbocycles. The van der Waals surface area contributed by atoms with Gasteiger partial charge < -0.3 is 10.1 Å². The molecule has 0 fully saturated rings. The van der Waals surface area contributed by atoms with Crippen LogP contribution in [0.1, 0.15) is 29.7 Å². The number of hydrogen-bond acceptors (Lipinski definition) is 5. The van der Waals surface area contributed by atoms with E-state index in [1.165, 1.54) is 6.26 Å². The van der Waals surface area contributed by atoms with Crippen LogP contribution in [0.25, 0.3) is 0 Å². The van der Waals surface area contributed by atoms with Crippen molar-refractivity contribution in [2.75, 3.05) is 13.4 Å². The Bertz CT molecular complexity index is 853. The highest BCUT2D eigenvalue weighted by Crippen LogP contribution is 2.22. The molecule has 0 radical (unpaired) electrons. The smallest absolute Gasteiger partial charge is 0.175 e. The molecule has 0 saturated carbocycles. The van der Waals surface area contributed by atoms with Gasteiger partial charge in [-0.25, -0.2) is 8.42 Å². The summed E-state index contributed by atoms with van der Waals surface area (Å²) in [7, 11) is -1.60. The van der Waals surface area contributed by atoms with Gasteiger partial charge in [0, 0.05) is 24.4 Å². The first-order chi connectivity index (χ1) is 11.3. The summed E-state index contributed by atoms with van der Waals surface area (Å²) in [4.78, 5) is 0.312. The number of nitrogens with one attached hydrogen (secondary N) is 1. The molecule has 0 spiro atoms. The minimum absolute atomic E-state index is 0.0407. The molecule has 2 rings (SSSR count). The number of nitrogens with zero attached hydrogens (tertiary/aromatic N) is 1. The topological polar surface area (TPSA) is 79.2 Å². The monoisotopic (exact) mass is 344 g/mol. The minimum atomic E-state index is -3.18. The van der Waals surface area contributed by atoms with Gasteiger partial charge in [0.1, 0.15) is 5.75 Å². The third-order valence-electron chi connectivity index (χ3n) is 3.82. The van der Waals surface area contributed by atoms with Crippen LogP contribution in [-0.4, -0.2) is 21.8 Å². The van der Waals surface area contributed by atoms with Gasteiger partial charge in [-0.05, 0) is 36.8 Å². The third-order valence-corrected chi connectivity index (χ3v) is 4.95. The average Bonchev–Trinajstić information content (AvgIpc) is 2.58. The van der Waals surface area contributed by atoms with E-state index in [2.05, 4.69) is 11.4 Å². The van der Waals surface area contributed by atoms with Crippen LogP contribution < -0.4 is 10.1 Å². The predicted octanol–water partition coefficient (Wildman–Crippen LogP) is 2.82. The molecule has 2 aromatic rings. The van der Waals surface area contributed by atoms with Crippen LogP contribution in [0, 0.1) is 11.3 Å². The number of rotatable bonds is 6. The zero-order valence-corrected chi connectivity index (χ0v) is 14.7. The van der Waals surface area contributed by atoms with Crippen LogP contribution in [0.2, 0.25) is 0 Å². The molecule has 0 saturated heterocycles. The van der Waals surface area contributed by atoms with Crippen molar-refractivity contribution in [2.24, 2.45) is 0 Å². The second-order valence-corrected chi connectivity index (χ2v) is 7.60. The Morgan fingerprint density at radius 2 is 1.88 bits per heavy atom. The lowest BCUT2D eigenvalue weighted by atomic mass is 10.1. The standard InChI is InChI=1S/C18H20N2O3S/c1-13(15-6-8-17(9-7-15)24(3,21)22)20-12-16-5-4-14(11-19)10-18(16)23-2/h4-10,13,20H,12H2,1-3H3/t13-/m0/s1. The van der Waals surface area contributed by atoms with Crippen molar-refractivity contribution in [3.05, 3.63) is 59.2 Å². The first-order valence-corrected chi connectivity index (χ1v) is 9.34. The van der Waals surface area contributed by atoms with Gasteiger partial charge in [0.05, 0.1) is 23.6 Å². The second kappa shape index (κ2) is 7.47. The molecule has 6 heteroatoms. The molecule has 0 amide bonds. The maximum Gasteiger partial charge on any atom is 0.175 e. The van der Waals surface area contributed by atoms with E-state index in [9.17, 15) is 8.42 Å². The van der Waals surface area contributed by atoms with Crippen molar-refractivity contribution in [3.8, 4) is 11.8 Å². The fourth-order valence-corrected chi connectivity index (χ4v) is 2.98. The molecule has 0 aliphatic heterocycles. The lowest BCUT2D eigenvalue weighted by molar-refractivity contribution is 0.406. The lowest BCUT2D eigenvalue weighted by Crippen LogP contribution is -2.18. The quantitative estimate of drug-likeness (QED) is 0.872. The second-order valence-electron chi connectivity index (χ2n) is 5.58. The molecule has 126 valence electrons. The number of nitriles is 1. The molecule has 0 aliphatic carbocycles. The molecule has 0 heterocycles. The van der Waals surface area contributed by atoms with E-state index in [4.69, 9.17) is 10.00 Å². The van der Waals surface area contributed by atoms with Crippen molar-refractivity contribution in [1.29, 1.82) is 5.26 Å². The fraction of sp³-hybridized carbons (Fsp3) is 0.278. The summed E-state index contributed by atoms with van der Waals surface area (Å²) in [5.41, 5.74) is 2.51. The van der Waals surface area contributed by atoms with Crippen molar-refractivity contribution in [1.82, 2.24) is 5.32 Å². The van der Waals surface area contributed by atoms with Gasteiger partial charge in [-0.2, -0.15) is 5.26 Å². The molecular formula is C18H20N2O3S. The first kappa shape index (κ1) is 18.0. The Hall–Kier alpha value is -2.36. The predicted molar refractivity (Wildman–Crippen MR) is 92.5 cm³/mol. The Labute approximate surface area is 142 Å². The average molecular weight is 344 g/mol. The number of methoxy groups -OCH3 is 1. The van der Waals surface area contributed by atoms with Crippen molar-refractivity contribution in [2.45, 2.75) is 24.4 Å². The number of benzene rings is 2. The van der Waals surface area contributed by atoms with Crippen LogP contribution >= 0.6 is 0 Å². The summed E-state index contributed by atoms with van der Waals surface area (Å²) in [6.45, 7) is 2.58. The Morgan fingerprint density at radius 1 is 1.21 bits per heavy atom. The molecule has 0 aromatic heterocycles. The summed E-state index contributed by atoms with van der Waals surface area (Å²) >= 11 is 0. The highest BCUT2D eigenvalue weighted by molar-refractivity contribution is 7.90. The van der Waals surface area contributed by atoms with Gasteiger partial charge in [-0.3, -0.25) is 0 Å². The van der Waals surface area contributed by atoms with Crippen LogP contribution in [0.4, 0.5) is 0 Å². The van der Waals surface area contributed by atoms with Crippen molar-refractivity contribution < 1.29 is 13.2 Å². The van der Waals surface area contributed by atoms with E-state index in [1.54, 1.807) is 31.4 Å². The molecule has 0 aliphatic rings. The van der Waals surface area contributed by atoms with E-state index < -0.39 is 9.84 Å². The fourth-order valence-electron chi connectivity index (χ4n) is 2.34. The maximum absolute atomic E-state index is 11.5. The normalized spacial score (nSPS) is 12.4. The molecule has 0 unspecified atom stereocenters. The summed E-state index contributed by atoms with van der Waals surface area (Å²) in [5, 5.41) is 12.3. The zero-order chi connectivity index (χ0) is 17.7. The third kappa shape index (κ3) is 4.34. The van der Waals surface area contributed by atoms with Crippen LogP contribution in [0.15, 0.2) is 47.4 Å². The van der Waals surface area contributed by atoms with Crippen LogP contribution in [0.3, 0.4) is 0 Å². The molecule has 24 heavy (non-hydrogen) atoms. The lowest BCUT2D eigenvalue weighted by Gasteiger charge is -2.16. The number of sulfone groups is 1. The van der Waals surface area contributed by atoms with Gasteiger partial charge in [-0.15, -0.1) is 0 Å². The van der Waals surface area contributed by atoms with Crippen LogP contribution in [0.5, 0.6) is 5.75 Å². The number of hydrogen-bond donors (Lipinski definition) is 1. The molecule has 1 atom stereocenters. The van der Waals surface area contributed by atoms with E-state index in [1.807, 2.05) is 25.1 Å². The summed E-state index contributed by atoms with van der Waals surface area (Å²) in [6, 6.07) is 14.3. The highest BCUT2D eigenvalue weighted by Gasteiger charge is 2.11. The Kier molecular flexibility index (Phi) is 5.60. The van der Waals surface area contributed by atoms with Gasteiger partial charge in [-0.1, -0.05) is 18.2 Å². The minimum Gasteiger partial charge on any atom is -0.496 e. The van der Waals surface area contributed by atoms with E-state index >= 15 is 0 Å². The first-order valence-electron chi connectivity index (χ1n) is 7.45. The summed E-state index contributed by atoms with van der Waals surface area (Å²) in [6.07, 6.45) is 1.20. The number of ether oxygens (including phenoxy) is 1. The Morgan fingerprint density at radius 3 is 2.42 bits per heavy atom. The van der Waals surface area contributed by atoms with E-state index in [0.29, 0.717) is 22.8 Å². The van der Waals surface area contributed by atoms with Crippen molar-refractivity contribution >= 4 is 9.84 Å². The Balaban J connectivity index is 2.08. The molecule has 0 bridgehead atoms. The van der Waals surface area contributed by atoms with Gasteiger partial charge in [0.15, 0.2) is 9.84 Å². The van der Waals surface area contributed by atoms with E-state index in [0.717, 1.165) is 11.1 Å². The van der Waals surface area contributed by atoms with Crippen LogP contribution in [-0.2, 0) is 16.4 Å². The van der Waals surface area contributed by atoms with Gasteiger partial charge >= 0.3 is 0 Å². The summed E-state index contributed by atoms with van der Waals surface area (Å²) in [5.74, 6) is 0.668. The SMILES string of the molecule is COc1cc(C#N)ccc1CN[C@@H](C)c1ccc(S(C)(=O)=O)cc1. The largest absolute Gasteiger partial charge is 0.496 e. The zero-order valence-electron chi connectivity index (χ0n) is 13.9. The highest BCUT2D eigenvalue weighted by atomic mass is 32.2. The summed E-state index contributed by atoms with van der Waals surface area (Å²) < 4.78 is 28.3. The van der Waals surface area contributed by atoms with E-state index in [-0.39, 0.29) is 6.04 Å². The van der Waals surface area contributed by atoms with Crippen molar-refractivity contribution in [3.63, 3.8) is 0 Å². The maximum atomic E-state index is 11.5. The molecular weight excluding hydrogens is 324 g/mol. The molecule has 1 N–H and O–H groups in total. The van der Waals surface area contributed by atoms with Gasteiger partial charge in [0.2, 0.25) is 0 Å².